The molecule has 3 aliphatic rings. The average Bonchev–Trinajstić information content (AvgIpc) is 3.34. The average molecular weight is 482 g/mol. The molecular weight excluding hydrogens is 450 g/mol. The zero-order valence-corrected chi connectivity index (χ0v) is 20.1. The van der Waals surface area contributed by atoms with E-state index in [4.69, 9.17) is 9.47 Å². The lowest BCUT2D eigenvalue weighted by molar-refractivity contribution is -0.123. The number of hydrogen-bond acceptors (Lipinski definition) is 6. The molecule has 2 saturated heterocycles. The van der Waals surface area contributed by atoms with Crippen LogP contribution < -0.4 is 15.1 Å². The largest absolute Gasteiger partial charge is 0.446 e. The molecule has 4 heterocycles. The monoisotopic (exact) mass is 481 g/mol. The van der Waals surface area contributed by atoms with E-state index in [0.29, 0.717) is 56.9 Å². The summed E-state index contributed by atoms with van der Waals surface area (Å²) in [6.07, 6.45) is 5.72. The van der Waals surface area contributed by atoms with Crippen LogP contribution in [0.3, 0.4) is 0 Å². The molecule has 10 heteroatoms. The number of rotatable bonds is 3. The maximum Gasteiger partial charge on any atom is 0.414 e. The van der Waals surface area contributed by atoms with E-state index in [9.17, 15) is 14.4 Å². The molecule has 0 aliphatic carbocycles. The Balaban J connectivity index is 1.45. The summed E-state index contributed by atoms with van der Waals surface area (Å²) in [5, 5.41) is 7.35. The number of ether oxygens (including phenoxy) is 2. The van der Waals surface area contributed by atoms with Gasteiger partial charge in [0.25, 0.3) is 0 Å². The molecule has 10 nitrogen and oxygen atoms in total. The zero-order valence-electron chi connectivity index (χ0n) is 20.1. The molecule has 5 rings (SSSR count). The number of nitrogens with one attached hydrogen (secondary N) is 1. The third kappa shape index (κ3) is 4.75. The second kappa shape index (κ2) is 9.69. The van der Waals surface area contributed by atoms with Crippen molar-refractivity contribution < 1.29 is 23.9 Å². The summed E-state index contributed by atoms with van der Waals surface area (Å²) in [5.74, 6) is -0.0449. The molecule has 0 radical (unpaired) electrons. The van der Waals surface area contributed by atoms with Crippen LogP contribution in [0.15, 0.2) is 30.6 Å². The lowest BCUT2D eigenvalue weighted by atomic mass is 10.0. The highest BCUT2D eigenvalue weighted by atomic mass is 16.6. The molecule has 0 saturated carbocycles. The molecule has 1 aromatic heterocycles. The summed E-state index contributed by atoms with van der Waals surface area (Å²) in [7, 11) is 0. The van der Waals surface area contributed by atoms with E-state index in [1.54, 1.807) is 16.0 Å². The van der Waals surface area contributed by atoms with Gasteiger partial charge in [-0.3, -0.25) is 19.2 Å². The summed E-state index contributed by atoms with van der Waals surface area (Å²) in [6.45, 7) is 5.61. The SMILES string of the molecule is CC(=O)N1c2ccc(-c3cnn(C4CCNC(=O)C4)c3)cc2N(C(=O)OC2CCOCC2)C[C@@H]1C. The van der Waals surface area contributed by atoms with Crippen molar-refractivity contribution in [3.05, 3.63) is 30.6 Å². The molecule has 35 heavy (non-hydrogen) atoms. The standard InChI is InChI=1S/C25H31N5O5/c1-16-14-28(25(33)35-21-6-9-34-10-7-21)23-11-18(3-4-22(23)30(16)17(2)31)19-13-27-29(15-19)20-5-8-26-24(32)12-20/h3-4,11,13,15-16,20-21H,5-10,12,14H2,1-2H3,(H,26,32)/t16-,20?/m0/s1. The summed E-state index contributed by atoms with van der Waals surface area (Å²) < 4.78 is 13.0. The first kappa shape index (κ1) is 23.3. The molecule has 1 aromatic carbocycles. The summed E-state index contributed by atoms with van der Waals surface area (Å²) in [6, 6.07) is 5.56. The first-order valence-corrected chi connectivity index (χ1v) is 12.2. The van der Waals surface area contributed by atoms with E-state index < -0.39 is 6.09 Å². The molecule has 3 aliphatic heterocycles. The van der Waals surface area contributed by atoms with Crippen molar-refractivity contribution in [3.8, 4) is 11.1 Å². The Bertz CT molecular complexity index is 1130. The van der Waals surface area contributed by atoms with Gasteiger partial charge in [-0.05, 0) is 31.0 Å². The van der Waals surface area contributed by atoms with Crippen LogP contribution >= 0.6 is 0 Å². The van der Waals surface area contributed by atoms with Gasteiger partial charge in [0, 0.05) is 51.0 Å². The quantitative estimate of drug-likeness (QED) is 0.723. The van der Waals surface area contributed by atoms with Crippen molar-refractivity contribution >= 4 is 29.3 Å². The molecule has 0 bridgehead atoms. The number of anilines is 2. The molecule has 2 atom stereocenters. The smallest absolute Gasteiger partial charge is 0.414 e. The Labute approximate surface area is 204 Å². The van der Waals surface area contributed by atoms with Crippen molar-refractivity contribution in [2.45, 2.75) is 57.7 Å². The van der Waals surface area contributed by atoms with Gasteiger partial charge in [0.1, 0.15) is 6.10 Å². The minimum atomic E-state index is -0.408. The van der Waals surface area contributed by atoms with Gasteiger partial charge in [0.15, 0.2) is 0 Å². The van der Waals surface area contributed by atoms with Gasteiger partial charge < -0.3 is 19.7 Å². The fourth-order valence-corrected chi connectivity index (χ4v) is 5.14. The van der Waals surface area contributed by atoms with Crippen molar-refractivity contribution in [1.82, 2.24) is 15.1 Å². The van der Waals surface area contributed by atoms with E-state index in [-0.39, 0.29) is 30.0 Å². The number of aromatic nitrogens is 2. The summed E-state index contributed by atoms with van der Waals surface area (Å²) in [5.41, 5.74) is 3.07. The van der Waals surface area contributed by atoms with Crippen LogP contribution in [0.2, 0.25) is 0 Å². The third-order valence-corrected chi connectivity index (χ3v) is 6.94. The van der Waals surface area contributed by atoms with Crippen LogP contribution in [-0.2, 0) is 19.1 Å². The molecule has 186 valence electrons. The van der Waals surface area contributed by atoms with E-state index in [1.165, 1.54) is 6.92 Å². The van der Waals surface area contributed by atoms with Crippen LogP contribution in [0.5, 0.6) is 0 Å². The zero-order chi connectivity index (χ0) is 24.5. The number of piperidine rings is 1. The van der Waals surface area contributed by atoms with Crippen molar-refractivity contribution in [2.24, 2.45) is 0 Å². The van der Waals surface area contributed by atoms with Crippen LogP contribution in [-0.4, -0.2) is 66.1 Å². The second-order valence-corrected chi connectivity index (χ2v) is 9.45. The number of nitrogens with zero attached hydrogens (tertiary/aromatic N) is 4. The summed E-state index contributed by atoms with van der Waals surface area (Å²) >= 11 is 0. The highest BCUT2D eigenvalue weighted by Crippen LogP contribution is 2.39. The lowest BCUT2D eigenvalue weighted by Crippen LogP contribution is -2.52. The second-order valence-electron chi connectivity index (χ2n) is 9.45. The van der Waals surface area contributed by atoms with Crippen molar-refractivity contribution in [1.29, 1.82) is 0 Å². The first-order valence-electron chi connectivity index (χ1n) is 12.2. The first-order chi connectivity index (χ1) is 16.9. The number of carbonyl (C=O) groups excluding carboxylic acids is 3. The third-order valence-electron chi connectivity index (χ3n) is 6.94. The Hall–Kier alpha value is -3.40. The maximum absolute atomic E-state index is 13.2. The van der Waals surface area contributed by atoms with Crippen molar-refractivity contribution in [3.63, 3.8) is 0 Å². The molecule has 1 N–H and O–H groups in total. The van der Waals surface area contributed by atoms with Crippen LogP contribution in [0.1, 0.15) is 45.6 Å². The van der Waals surface area contributed by atoms with E-state index in [0.717, 1.165) is 17.5 Å². The predicted octanol–water partition coefficient (Wildman–Crippen LogP) is 2.88. The van der Waals surface area contributed by atoms with Gasteiger partial charge in [0.2, 0.25) is 11.8 Å². The number of benzene rings is 1. The molecule has 0 spiro atoms. The predicted molar refractivity (Wildman–Crippen MR) is 129 cm³/mol. The minimum absolute atomic E-state index is 0.0233. The van der Waals surface area contributed by atoms with Gasteiger partial charge in [-0.15, -0.1) is 0 Å². The van der Waals surface area contributed by atoms with E-state index >= 15 is 0 Å². The molecule has 1 unspecified atom stereocenters. The lowest BCUT2D eigenvalue weighted by Gasteiger charge is -2.41. The van der Waals surface area contributed by atoms with Gasteiger partial charge >= 0.3 is 6.09 Å². The van der Waals surface area contributed by atoms with Gasteiger partial charge in [0.05, 0.1) is 42.9 Å². The number of carbonyl (C=O) groups is 3. The Kier molecular flexibility index (Phi) is 6.46. The fourth-order valence-electron chi connectivity index (χ4n) is 5.14. The highest BCUT2D eigenvalue weighted by Gasteiger charge is 2.35. The Morgan fingerprint density at radius 2 is 1.94 bits per heavy atom. The fraction of sp³-hybridized carbons (Fsp3) is 0.520. The van der Waals surface area contributed by atoms with Gasteiger partial charge in [-0.2, -0.15) is 5.10 Å². The van der Waals surface area contributed by atoms with Crippen molar-refractivity contribution in [2.75, 3.05) is 36.1 Å². The molecule has 2 aromatic rings. The Morgan fingerprint density at radius 1 is 1.14 bits per heavy atom. The summed E-state index contributed by atoms with van der Waals surface area (Å²) in [4.78, 5) is 40.9. The minimum Gasteiger partial charge on any atom is -0.446 e. The molecule has 3 amide bonds. The Morgan fingerprint density at radius 3 is 2.69 bits per heavy atom. The molecular formula is C25H31N5O5. The normalized spacial score (nSPS) is 23.0. The van der Waals surface area contributed by atoms with Crippen LogP contribution in [0.4, 0.5) is 16.2 Å². The van der Waals surface area contributed by atoms with Gasteiger partial charge in [-0.1, -0.05) is 6.07 Å². The molecule has 2 fully saturated rings. The number of hydrogen-bond donors (Lipinski definition) is 1. The van der Waals surface area contributed by atoms with E-state index in [2.05, 4.69) is 10.4 Å². The number of fused-ring (bicyclic) bond motifs is 1. The van der Waals surface area contributed by atoms with E-state index in [1.807, 2.05) is 36.0 Å². The van der Waals surface area contributed by atoms with Crippen LogP contribution in [0.25, 0.3) is 11.1 Å². The maximum atomic E-state index is 13.2. The van der Waals surface area contributed by atoms with Gasteiger partial charge in [-0.25, -0.2) is 4.79 Å². The van der Waals surface area contributed by atoms with Crippen LogP contribution in [0, 0.1) is 0 Å². The topological polar surface area (TPSA) is 106 Å². The number of amides is 3. The highest BCUT2D eigenvalue weighted by molar-refractivity contribution is 6.03.